The number of esters is 1. The van der Waals surface area contributed by atoms with Gasteiger partial charge in [0, 0.05) is 23.3 Å². The first kappa shape index (κ1) is 15.3. The third-order valence-electron chi connectivity index (χ3n) is 2.95. The van der Waals surface area contributed by atoms with Crippen LogP contribution in [0.25, 0.3) is 11.0 Å². The molecule has 0 spiro atoms. The summed E-state index contributed by atoms with van der Waals surface area (Å²) in [5.41, 5.74) is 1.92. The first-order valence-corrected chi connectivity index (χ1v) is 7.84. The minimum Gasteiger partial charge on any atom is -0.466 e. The molecule has 0 unspecified atom stereocenters. The molecule has 0 fully saturated rings. The molecule has 2 rings (SSSR count). The number of alkyl halides is 1. The Morgan fingerprint density at radius 2 is 2.30 bits per heavy atom. The molecule has 0 saturated heterocycles. The molecule has 0 radical (unpaired) electrons. The molecule has 108 valence electrons. The molecule has 1 aromatic carbocycles. The average molecular weight is 360 g/mol. The Hall–Kier alpha value is -1.07. The number of hydrogen-bond acceptors (Lipinski definition) is 3. The summed E-state index contributed by atoms with van der Waals surface area (Å²) in [6.45, 7) is 2.77. The van der Waals surface area contributed by atoms with Crippen LogP contribution in [0.4, 0.5) is 0 Å². The van der Waals surface area contributed by atoms with Crippen LogP contribution >= 0.6 is 27.5 Å². The van der Waals surface area contributed by atoms with Crippen molar-refractivity contribution < 1.29 is 9.53 Å². The molecule has 0 N–H and O–H groups in total. The van der Waals surface area contributed by atoms with E-state index < -0.39 is 0 Å². The fourth-order valence-corrected chi connectivity index (χ4v) is 2.62. The zero-order valence-electron chi connectivity index (χ0n) is 11.2. The number of nitrogens with zero attached hydrogens (tertiary/aromatic N) is 2. The SMILES string of the molecule is CCOC(=O)CCn1c(CCCl)nc2ccc(Br)cc21. The maximum atomic E-state index is 11.5. The van der Waals surface area contributed by atoms with Crippen LogP contribution in [0.2, 0.25) is 0 Å². The van der Waals surface area contributed by atoms with E-state index in [1.54, 1.807) is 6.92 Å². The molecule has 1 heterocycles. The van der Waals surface area contributed by atoms with Gasteiger partial charge in [-0.3, -0.25) is 4.79 Å². The second kappa shape index (κ2) is 7.09. The molecule has 2 aromatic rings. The summed E-state index contributed by atoms with van der Waals surface area (Å²) in [4.78, 5) is 16.1. The lowest BCUT2D eigenvalue weighted by Crippen LogP contribution is -2.11. The molecule has 0 atom stereocenters. The molecule has 0 amide bonds. The van der Waals surface area contributed by atoms with Crippen LogP contribution in [0.1, 0.15) is 19.2 Å². The second-order valence-corrected chi connectivity index (χ2v) is 5.60. The number of aryl methyl sites for hydroxylation is 2. The Balaban J connectivity index is 2.30. The number of benzene rings is 1. The van der Waals surface area contributed by atoms with Gasteiger partial charge in [-0.2, -0.15) is 0 Å². The number of carbonyl (C=O) groups excluding carboxylic acids is 1. The summed E-state index contributed by atoms with van der Waals surface area (Å²) < 4.78 is 7.99. The third kappa shape index (κ3) is 3.52. The third-order valence-corrected chi connectivity index (χ3v) is 3.63. The predicted molar refractivity (Wildman–Crippen MR) is 83.1 cm³/mol. The fraction of sp³-hybridized carbons (Fsp3) is 0.429. The van der Waals surface area contributed by atoms with Gasteiger partial charge in [-0.05, 0) is 25.1 Å². The minimum atomic E-state index is -0.193. The van der Waals surface area contributed by atoms with E-state index >= 15 is 0 Å². The van der Waals surface area contributed by atoms with E-state index in [0.717, 1.165) is 21.3 Å². The Bertz CT molecular complexity index is 612. The zero-order chi connectivity index (χ0) is 14.5. The summed E-state index contributed by atoms with van der Waals surface area (Å²) in [6.07, 6.45) is 1.01. The van der Waals surface area contributed by atoms with Gasteiger partial charge in [0.15, 0.2) is 0 Å². The van der Waals surface area contributed by atoms with Crippen LogP contribution in [-0.4, -0.2) is 28.0 Å². The van der Waals surface area contributed by atoms with E-state index in [-0.39, 0.29) is 5.97 Å². The largest absolute Gasteiger partial charge is 0.466 e. The highest BCUT2D eigenvalue weighted by atomic mass is 79.9. The van der Waals surface area contributed by atoms with E-state index in [0.29, 0.717) is 31.9 Å². The molecule has 1 aromatic heterocycles. The molecule has 4 nitrogen and oxygen atoms in total. The van der Waals surface area contributed by atoms with E-state index in [4.69, 9.17) is 16.3 Å². The van der Waals surface area contributed by atoms with Crippen molar-refractivity contribution in [3.05, 3.63) is 28.5 Å². The maximum absolute atomic E-state index is 11.5. The van der Waals surface area contributed by atoms with E-state index in [9.17, 15) is 4.79 Å². The van der Waals surface area contributed by atoms with Gasteiger partial charge < -0.3 is 9.30 Å². The number of fused-ring (bicyclic) bond motifs is 1. The van der Waals surface area contributed by atoms with Crippen molar-refractivity contribution in [3.63, 3.8) is 0 Å². The van der Waals surface area contributed by atoms with Crippen molar-refractivity contribution in [1.29, 1.82) is 0 Å². The first-order chi connectivity index (χ1) is 9.65. The van der Waals surface area contributed by atoms with Gasteiger partial charge in [0.05, 0.1) is 24.1 Å². The number of ether oxygens (including phenoxy) is 1. The molecule has 0 aliphatic rings. The Labute approximate surface area is 131 Å². The highest BCUT2D eigenvalue weighted by molar-refractivity contribution is 9.10. The van der Waals surface area contributed by atoms with Crippen LogP contribution in [0.15, 0.2) is 22.7 Å². The monoisotopic (exact) mass is 358 g/mol. The number of hydrogen-bond donors (Lipinski definition) is 0. The van der Waals surface area contributed by atoms with Crippen molar-refractivity contribution in [2.45, 2.75) is 26.3 Å². The van der Waals surface area contributed by atoms with Crippen LogP contribution in [0.5, 0.6) is 0 Å². The summed E-state index contributed by atoms with van der Waals surface area (Å²) >= 11 is 9.29. The lowest BCUT2D eigenvalue weighted by Gasteiger charge is -2.08. The van der Waals surface area contributed by atoms with Crippen molar-refractivity contribution >= 4 is 44.5 Å². The van der Waals surface area contributed by atoms with E-state index in [1.807, 2.05) is 22.8 Å². The molecule has 0 aliphatic heterocycles. The van der Waals surface area contributed by atoms with E-state index in [1.165, 1.54) is 0 Å². The molecule has 0 saturated carbocycles. The average Bonchev–Trinajstić information content (AvgIpc) is 2.74. The van der Waals surface area contributed by atoms with Crippen LogP contribution in [-0.2, 0) is 22.5 Å². The molecular formula is C14H16BrClN2O2. The van der Waals surface area contributed by atoms with Crippen LogP contribution in [0.3, 0.4) is 0 Å². The van der Waals surface area contributed by atoms with Crippen LogP contribution in [0, 0.1) is 0 Å². The maximum Gasteiger partial charge on any atom is 0.307 e. The lowest BCUT2D eigenvalue weighted by atomic mass is 10.3. The Kier molecular flexibility index (Phi) is 5.43. The van der Waals surface area contributed by atoms with Crippen molar-refractivity contribution in [2.75, 3.05) is 12.5 Å². The van der Waals surface area contributed by atoms with Gasteiger partial charge in [-0.15, -0.1) is 11.6 Å². The summed E-state index contributed by atoms with van der Waals surface area (Å²) in [6, 6.07) is 5.92. The lowest BCUT2D eigenvalue weighted by molar-refractivity contribution is -0.143. The second-order valence-electron chi connectivity index (χ2n) is 4.31. The van der Waals surface area contributed by atoms with Gasteiger partial charge in [-0.1, -0.05) is 15.9 Å². The number of carbonyl (C=O) groups is 1. The Morgan fingerprint density at radius 1 is 1.50 bits per heavy atom. The van der Waals surface area contributed by atoms with Crippen molar-refractivity contribution in [3.8, 4) is 0 Å². The normalized spacial score (nSPS) is 10.9. The summed E-state index contributed by atoms with van der Waals surface area (Å²) in [7, 11) is 0. The van der Waals surface area contributed by atoms with Crippen molar-refractivity contribution in [1.82, 2.24) is 9.55 Å². The highest BCUT2D eigenvalue weighted by Crippen LogP contribution is 2.22. The summed E-state index contributed by atoms with van der Waals surface area (Å²) in [5, 5.41) is 0. The minimum absolute atomic E-state index is 0.193. The van der Waals surface area contributed by atoms with Gasteiger partial charge in [0.1, 0.15) is 5.82 Å². The smallest absolute Gasteiger partial charge is 0.307 e. The molecule has 20 heavy (non-hydrogen) atoms. The number of halogens is 2. The number of aromatic nitrogens is 2. The van der Waals surface area contributed by atoms with E-state index in [2.05, 4.69) is 20.9 Å². The summed E-state index contributed by atoms with van der Waals surface area (Å²) in [5.74, 6) is 1.21. The molecule has 6 heteroatoms. The van der Waals surface area contributed by atoms with Gasteiger partial charge in [-0.25, -0.2) is 4.98 Å². The number of imidazole rings is 1. The number of rotatable bonds is 6. The van der Waals surface area contributed by atoms with Gasteiger partial charge in [0.25, 0.3) is 0 Å². The van der Waals surface area contributed by atoms with Crippen LogP contribution < -0.4 is 0 Å². The zero-order valence-corrected chi connectivity index (χ0v) is 13.6. The predicted octanol–water partition coefficient (Wildman–Crippen LogP) is 3.53. The Morgan fingerprint density at radius 3 is 3.00 bits per heavy atom. The molecular weight excluding hydrogens is 344 g/mol. The highest BCUT2D eigenvalue weighted by Gasteiger charge is 2.12. The van der Waals surface area contributed by atoms with Gasteiger partial charge >= 0.3 is 5.97 Å². The topological polar surface area (TPSA) is 44.1 Å². The quantitative estimate of drug-likeness (QED) is 0.585. The molecule has 0 bridgehead atoms. The fourth-order valence-electron chi connectivity index (χ4n) is 2.11. The standard InChI is InChI=1S/C14H16BrClN2O2/c1-2-20-14(19)6-8-18-12-9-10(15)3-4-11(12)17-13(18)5-7-16/h3-4,9H,2,5-8H2,1H3. The molecule has 0 aliphatic carbocycles. The van der Waals surface area contributed by atoms with Crippen molar-refractivity contribution in [2.24, 2.45) is 0 Å². The first-order valence-electron chi connectivity index (χ1n) is 6.52. The van der Waals surface area contributed by atoms with Gasteiger partial charge in [0.2, 0.25) is 0 Å².